The summed E-state index contributed by atoms with van der Waals surface area (Å²) in [6.07, 6.45) is 1.62. The number of H-pyrrole nitrogens is 1. The molecule has 9 heteroatoms. The Hall–Kier alpha value is -3.98. The van der Waals surface area contributed by atoms with Crippen molar-refractivity contribution in [2.24, 2.45) is 0 Å². The number of aromatic amines is 1. The number of rotatable bonds is 7. The number of ether oxygens (including phenoxy) is 3. The first-order valence-electron chi connectivity index (χ1n) is 10.7. The van der Waals surface area contributed by atoms with Crippen LogP contribution in [0.1, 0.15) is 16.9 Å². The standard InChI is InChI=1S/C25H23N3O5S/c1-30-19-6-5-17-10-18(24(29)27-21(17)11-19)14-28(25(34)26-12-20-3-2-8-31-20)13-16-4-7-22-23(9-16)33-15-32-22/h2-11H,12-15H2,1H3,(H,26,34)(H,27,29). The van der Waals surface area contributed by atoms with Gasteiger partial charge in [0.2, 0.25) is 6.79 Å². The highest BCUT2D eigenvalue weighted by molar-refractivity contribution is 7.80. The number of nitrogens with zero attached hydrogens (tertiary/aromatic N) is 1. The number of hydrogen-bond acceptors (Lipinski definition) is 6. The maximum absolute atomic E-state index is 12.9. The van der Waals surface area contributed by atoms with E-state index in [9.17, 15) is 4.79 Å². The molecule has 8 nitrogen and oxygen atoms in total. The summed E-state index contributed by atoms with van der Waals surface area (Å²) in [5.74, 6) is 2.87. The van der Waals surface area contributed by atoms with Gasteiger partial charge < -0.3 is 33.8 Å². The molecule has 0 atom stereocenters. The van der Waals surface area contributed by atoms with Crippen LogP contribution in [0, 0.1) is 0 Å². The van der Waals surface area contributed by atoms with Crippen molar-refractivity contribution in [2.75, 3.05) is 13.9 Å². The van der Waals surface area contributed by atoms with Crippen LogP contribution in [0.3, 0.4) is 0 Å². The lowest BCUT2D eigenvalue weighted by Crippen LogP contribution is -2.39. The lowest BCUT2D eigenvalue weighted by atomic mass is 10.1. The van der Waals surface area contributed by atoms with E-state index in [1.165, 1.54) is 0 Å². The van der Waals surface area contributed by atoms with Gasteiger partial charge in [-0.05, 0) is 65.6 Å². The minimum Gasteiger partial charge on any atom is -0.497 e. The molecule has 2 N–H and O–H groups in total. The third-order valence-electron chi connectivity index (χ3n) is 5.58. The topological polar surface area (TPSA) is 89.0 Å². The van der Waals surface area contributed by atoms with Crippen molar-refractivity contribution in [1.82, 2.24) is 15.2 Å². The van der Waals surface area contributed by atoms with Crippen molar-refractivity contribution in [1.29, 1.82) is 0 Å². The zero-order valence-corrected chi connectivity index (χ0v) is 19.3. The smallest absolute Gasteiger partial charge is 0.253 e. The Morgan fingerprint density at radius 2 is 2.00 bits per heavy atom. The quantitative estimate of drug-likeness (QED) is 0.387. The molecule has 1 aliphatic heterocycles. The SMILES string of the molecule is COc1ccc2cc(CN(Cc3ccc4c(c3)OCO4)C(=S)NCc3ccco3)c(=O)[nH]c2c1. The number of benzene rings is 2. The number of thiocarbonyl (C=S) groups is 1. The van der Waals surface area contributed by atoms with Gasteiger partial charge in [-0.3, -0.25) is 4.79 Å². The number of pyridine rings is 1. The van der Waals surface area contributed by atoms with Gasteiger partial charge in [-0.1, -0.05) is 6.07 Å². The fraction of sp³-hybridized carbons (Fsp3) is 0.200. The van der Waals surface area contributed by atoms with E-state index in [4.69, 9.17) is 30.8 Å². The van der Waals surface area contributed by atoms with Gasteiger partial charge in [0.05, 0.1) is 32.0 Å². The highest BCUT2D eigenvalue weighted by Crippen LogP contribution is 2.33. The van der Waals surface area contributed by atoms with Crippen molar-refractivity contribution in [3.05, 3.63) is 88.1 Å². The average molecular weight is 478 g/mol. The van der Waals surface area contributed by atoms with Gasteiger partial charge in [0.25, 0.3) is 5.56 Å². The Morgan fingerprint density at radius 3 is 2.82 bits per heavy atom. The minimum absolute atomic E-state index is 0.176. The second-order valence-corrected chi connectivity index (χ2v) is 8.25. The lowest BCUT2D eigenvalue weighted by Gasteiger charge is -2.26. The van der Waals surface area contributed by atoms with Gasteiger partial charge in [-0.2, -0.15) is 0 Å². The Labute approximate surface area is 201 Å². The van der Waals surface area contributed by atoms with Crippen LogP contribution >= 0.6 is 12.2 Å². The van der Waals surface area contributed by atoms with Crippen molar-refractivity contribution >= 4 is 28.2 Å². The number of nitrogens with one attached hydrogen (secondary N) is 2. The van der Waals surface area contributed by atoms with E-state index in [2.05, 4.69) is 10.3 Å². The minimum atomic E-state index is -0.176. The largest absolute Gasteiger partial charge is 0.497 e. The fourth-order valence-corrected chi connectivity index (χ4v) is 4.02. The van der Waals surface area contributed by atoms with Crippen molar-refractivity contribution in [3.63, 3.8) is 0 Å². The first-order chi connectivity index (χ1) is 16.6. The fourth-order valence-electron chi connectivity index (χ4n) is 3.82. The van der Waals surface area contributed by atoms with Gasteiger partial charge in [0, 0.05) is 18.2 Å². The van der Waals surface area contributed by atoms with Gasteiger partial charge in [-0.25, -0.2) is 0 Å². The normalized spacial score (nSPS) is 12.0. The molecule has 4 aromatic rings. The maximum atomic E-state index is 12.9. The molecule has 1 aliphatic rings. The molecule has 0 saturated carbocycles. The number of furan rings is 1. The number of hydrogen-bond donors (Lipinski definition) is 2. The van der Waals surface area contributed by atoms with E-state index in [1.807, 2.05) is 53.4 Å². The Morgan fingerprint density at radius 1 is 1.12 bits per heavy atom. The maximum Gasteiger partial charge on any atom is 0.253 e. The van der Waals surface area contributed by atoms with E-state index in [0.29, 0.717) is 47.3 Å². The molecule has 0 radical (unpaired) electrons. The number of methoxy groups -OCH3 is 1. The van der Waals surface area contributed by atoms with Gasteiger partial charge in [-0.15, -0.1) is 0 Å². The third-order valence-corrected chi connectivity index (χ3v) is 5.99. The Kier molecular flexibility index (Phi) is 6.09. The molecule has 0 saturated heterocycles. The van der Waals surface area contributed by atoms with Gasteiger partial charge in [0.1, 0.15) is 11.5 Å². The van der Waals surface area contributed by atoms with E-state index in [1.54, 1.807) is 19.4 Å². The third kappa shape index (κ3) is 4.69. The van der Waals surface area contributed by atoms with Crippen LogP contribution in [0.25, 0.3) is 10.9 Å². The summed E-state index contributed by atoms with van der Waals surface area (Å²) in [5.41, 5.74) is 2.12. The molecule has 174 valence electrons. The second kappa shape index (κ2) is 9.48. The van der Waals surface area contributed by atoms with Crippen molar-refractivity contribution in [3.8, 4) is 17.2 Å². The highest BCUT2D eigenvalue weighted by atomic mass is 32.1. The summed E-state index contributed by atoms with van der Waals surface area (Å²) >= 11 is 5.71. The van der Waals surface area contributed by atoms with Crippen LogP contribution in [0.4, 0.5) is 0 Å². The summed E-state index contributed by atoms with van der Waals surface area (Å²) < 4.78 is 21.6. The van der Waals surface area contributed by atoms with Crippen molar-refractivity contribution in [2.45, 2.75) is 19.6 Å². The molecular formula is C25H23N3O5S. The molecule has 2 aromatic heterocycles. The van der Waals surface area contributed by atoms with E-state index < -0.39 is 0 Å². The van der Waals surface area contributed by atoms with Crippen molar-refractivity contribution < 1.29 is 18.6 Å². The summed E-state index contributed by atoms with van der Waals surface area (Å²) in [6.45, 7) is 1.44. The molecule has 0 aliphatic carbocycles. The van der Waals surface area contributed by atoms with E-state index in [0.717, 1.165) is 22.5 Å². The summed E-state index contributed by atoms with van der Waals surface area (Å²) in [5, 5.41) is 4.64. The predicted molar refractivity (Wildman–Crippen MR) is 131 cm³/mol. The van der Waals surface area contributed by atoms with Crippen LogP contribution in [0.15, 0.2) is 70.1 Å². The summed E-state index contributed by atoms with van der Waals surface area (Å²) in [4.78, 5) is 17.8. The molecule has 34 heavy (non-hydrogen) atoms. The molecule has 5 rings (SSSR count). The van der Waals surface area contributed by atoms with Gasteiger partial charge in [0.15, 0.2) is 16.6 Å². The van der Waals surface area contributed by atoms with E-state index >= 15 is 0 Å². The zero-order chi connectivity index (χ0) is 23.5. The Balaban J connectivity index is 1.41. The first kappa shape index (κ1) is 21.8. The predicted octanol–water partition coefficient (Wildman–Crippen LogP) is 3.94. The van der Waals surface area contributed by atoms with Crippen LogP contribution in [-0.2, 0) is 19.6 Å². The molecule has 0 amide bonds. The first-order valence-corrected chi connectivity index (χ1v) is 11.1. The Bertz CT molecular complexity index is 1380. The second-order valence-electron chi connectivity index (χ2n) is 7.86. The molecular weight excluding hydrogens is 454 g/mol. The zero-order valence-electron chi connectivity index (χ0n) is 18.5. The monoisotopic (exact) mass is 477 g/mol. The van der Waals surface area contributed by atoms with Gasteiger partial charge >= 0.3 is 0 Å². The van der Waals surface area contributed by atoms with Crippen LogP contribution in [-0.4, -0.2) is 28.9 Å². The molecule has 0 fully saturated rings. The van der Waals surface area contributed by atoms with Crippen LogP contribution in [0.5, 0.6) is 17.2 Å². The summed E-state index contributed by atoms with van der Waals surface area (Å²) in [7, 11) is 1.60. The number of aromatic nitrogens is 1. The molecule has 0 bridgehead atoms. The lowest BCUT2D eigenvalue weighted by molar-refractivity contribution is 0.174. The molecule has 0 unspecified atom stereocenters. The highest BCUT2D eigenvalue weighted by Gasteiger charge is 2.18. The summed E-state index contributed by atoms with van der Waals surface area (Å²) in [6, 6.07) is 17.0. The van der Waals surface area contributed by atoms with Crippen LogP contribution in [0.2, 0.25) is 0 Å². The molecule has 2 aromatic carbocycles. The van der Waals surface area contributed by atoms with E-state index in [-0.39, 0.29) is 12.4 Å². The molecule has 0 spiro atoms. The number of fused-ring (bicyclic) bond motifs is 2. The molecule has 3 heterocycles. The average Bonchev–Trinajstić information content (AvgIpc) is 3.54. The van der Waals surface area contributed by atoms with Crippen LogP contribution < -0.4 is 25.1 Å².